The Hall–Kier alpha value is -3.15. The molecule has 0 spiro atoms. The summed E-state index contributed by atoms with van der Waals surface area (Å²) in [6, 6.07) is 13.2. The molecule has 6 nitrogen and oxygen atoms in total. The minimum Gasteiger partial charge on any atom is -0.326 e. The summed E-state index contributed by atoms with van der Waals surface area (Å²) in [5.74, 6) is -0.746. The van der Waals surface area contributed by atoms with Gasteiger partial charge in [0.2, 0.25) is 17.7 Å². The van der Waals surface area contributed by atoms with Crippen LogP contribution in [0.1, 0.15) is 31.4 Å². The predicted molar refractivity (Wildman–Crippen MR) is 110 cm³/mol. The van der Waals surface area contributed by atoms with E-state index in [9.17, 15) is 14.4 Å². The number of carbonyl (C=O) groups is 3. The van der Waals surface area contributed by atoms with E-state index in [1.165, 1.54) is 6.92 Å². The quantitative estimate of drug-likeness (QED) is 0.834. The summed E-state index contributed by atoms with van der Waals surface area (Å²) < 4.78 is 0. The van der Waals surface area contributed by atoms with Crippen LogP contribution in [-0.4, -0.2) is 24.3 Å². The van der Waals surface area contributed by atoms with Crippen molar-refractivity contribution < 1.29 is 14.4 Å². The van der Waals surface area contributed by atoms with Crippen molar-refractivity contribution in [2.75, 3.05) is 22.1 Å². The molecule has 1 aliphatic heterocycles. The second-order valence-corrected chi connectivity index (χ2v) is 7.13. The smallest absolute Gasteiger partial charge is 0.229 e. The second kappa shape index (κ2) is 8.25. The van der Waals surface area contributed by atoms with Crippen molar-refractivity contribution in [3.05, 3.63) is 53.6 Å². The van der Waals surface area contributed by atoms with Gasteiger partial charge in [-0.25, -0.2) is 0 Å². The summed E-state index contributed by atoms with van der Waals surface area (Å²) in [7, 11) is 0. The number of aryl methyl sites for hydroxylation is 2. The number of benzene rings is 2. The Morgan fingerprint density at radius 2 is 1.93 bits per heavy atom. The van der Waals surface area contributed by atoms with Crippen LogP contribution in [0.4, 0.5) is 17.1 Å². The van der Waals surface area contributed by atoms with Gasteiger partial charge in [0, 0.05) is 37.0 Å². The normalized spacial score (nSPS) is 16.2. The molecule has 1 aliphatic rings. The molecule has 0 radical (unpaired) electrons. The van der Waals surface area contributed by atoms with Crippen LogP contribution in [0.3, 0.4) is 0 Å². The fraction of sp³-hybridized carbons (Fsp3) is 0.318. The van der Waals surface area contributed by atoms with Crippen molar-refractivity contribution >= 4 is 34.8 Å². The predicted octanol–water partition coefficient (Wildman–Crippen LogP) is 3.51. The minimum atomic E-state index is -0.395. The van der Waals surface area contributed by atoms with Crippen molar-refractivity contribution in [3.63, 3.8) is 0 Å². The van der Waals surface area contributed by atoms with Crippen LogP contribution in [0.2, 0.25) is 0 Å². The standard InChI is InChI=1S/C22H25N3O3/c1-4-16-6-5-7-19(11-16)25-13-17(12-21(25)27)22(28)24-18-8-9-20(14(2)10-18)23-15(3)26/h5-11,17H,4,12-13H2,1-3H3,(H,23,26)(H,24,28). The fourth-order valence-corrected chi connectivity index (χ4v) is 3.39. The van der Waals surface area contributed by atoms with E-state index in [0.29, 0.717) is 17.9 Å². The molecule has 3 amide bonds. The molecule has 0 saturated carbocycles. The van der Waals surface area contributed by atoms with Gasteiger partial charge in [0.1, 0.15) is 0 Å². The number of amides is 3. The number of rotatable bonds is 5. The third-order valence-electron chi connectivity index (χ3n) is 4.93. The molecular formula is C22H25N3O3. The molecular weight excluding hydrogens is 354 g/mol. The molecule has 1 atom stereocenters. The Kier molecular flexibility index (Phi) is 5.78. The first kappa shape index (κ1) is 19.6. The molecule has 2 aromatic rings. The fourth-order valence-electron chi connectivity index (χ4n) is 3.39. The number of carbonyl (C=O) groups excluding carboxylic acids is 3. The lowest BCUT2D eigenvalue weighted by Crippen LogP contribution is -2.28. The van der Waals surface area contributed by atoms with Gasteiger partial charge in [-0.15, -0.1) is 0 Å². The summed E-state index contributed by atoms with van der Waals surface area (Å²) in [5, 5.41) is 5.63. The van der Waals surface area contributed by atoms with Gasteiger partial charge in [-0.05, 0) is 54.8 Å². The lowest BCUT2D eigenvalue weighted by Gasteiger charge is -2.17. The second-order valence-electron chi connectivity index (χ2n) is 7.13. The van der Waals surface area contributed by atoms with Crippen LogP contribution in [0.15, 0.2) is 42.5 Å². The zero-order valence-corrected chi connectivity index (χ0v) is 16.4. The number of nitrogens with one attached hydrogen (secondary N) is 2. The van der Waals surface area contributed by atoms with E-state index >= 15 is 0 Å². The van der Waals surface area contributed by atoms with Crippen molar-refractivity contribution in [2.45, 2.75) is 33.6 Å². The maximum atomic E-state index is 12.7. The Labute approximate surface area is 164 Å². The molecule has 28 heavy (non-hydrogen) atoms. The van der Waals surface area contributed by atoms with E-state index in [4.69, 9.17) is 0 Å². The molecule has 2 aromatic carbocycles. The highest BCUT2D eigenvalue weighted by Gasteiger charge is 2.35. The highest BCUT2D eigenvalue weighted by Crippen LogP contribution is 2.27. The van der Waals surface area contributed by atoms with Crippen LogP contribution in [0, 0.1) is 12.8 Å². The monoisotopic (exact) mass is 379 g/mol. The molecule has 1 unspecified atom stereocenters. The first-order chi connectivity index (χ1) is 13.4. The lowest BCUT2D eigenvalue weighted by molar-refractivity contribution is -0.122. The van der Waals surface area contributed by atoms with Crippen LogP contribution in [0.25, 0.3) is 0 Å². The zero-order valence-electron chi connectivity index (χ0n) is 16.4. The van der Waals surface area contributed by atoms with Gasteiger partial charge < -0.3 is 15.5 Å². The van der Waals surface area contributed by atoms with Gasteiger partial charge in [0.25, 0.3) is 0 Å². The minimum absolute atomic E-state index is 0.0365. The van der Waals surface area contributed by atoms with Gasteiger partial charge in [0.05, 0.1) is 5.92 Å². The summed E-state index contributed by atoms with van der Waals surface area (Å²) in [4.78, 5) is 38.0. The van der Waals surface area contributed by atoms with Gasteiger partial charge in [-0.3, -0.25) is 14.4 Å². The first-order valence-corrected chi connectivity index (χ1v) is 9.45. The molecule has 146 valence electrons. The maximum Gasteiger partial charge on any atom is 0.229 e. The van der Waals surface area contributed by atoms with Crippen LogP contribution < -0.4 is 15.5 Å². The summed E-state index contributed by atoms with van der Waals surface area (Å²) in [6.45, 7) is 5.76. The molecule has 1 heterocycles. The SMILES string of the molecule is CCc1cccc(N2CC(C(=O)Nc3ccc(NC(C)=O)c(C)c3)CC2=O)c1. The summed E-state index contributed by atoms with van der Waals surface area (Å²) in [5.41, 5.74) is 4.22. The molecule has 2 N–H and O–H groups in total. The van der Waals surface area contributed by atoms with Gasteiger partial charge >= 0.3 is 0 Å². The molecule has 0 aromatic heterocycles. The number of anilines is 3. The summed E-state index contributed by atoms with van der Waals surface area (Å²) >= 11 is 0. The topological polar surface area (TPSA) is 78.5 Å². The van der Waals surface area contributed by atoms with Crippen molar-refractivity contribution in [1.82, 2.24) is 0 Å². The van der Waals surface area contributed by atoms with Crippen molar-refractivity contribution in [1.29, 1.82) is 0 Å². The van der Waals surface area contributed by atoms with E-state index in [0.717, 1.165) is 23.2 Å². The van der Waals surface area contributed by atoms with Gasteiger partial charge in [0.15, 0.2) is 0 Å². The van der Waals surface area contributed by atoms with Crippen LogP contribution in [-0.2, 0) is 20.8 Å². The van der Waals surface area contributed by atoms with Crippen molar-refractivity contribution in [2.24, 2.45) is 5.92 Å². The third kappa shape index (κ3) is 4.39. The highest BCUT2D eigenvalue weighted by molar-refractivity contribution is 6.03. The van der Waals surface area contributed by atoms with Crippen molar-refractivity contribution in [3.8, 4) is 0 Å². The van der Waals surface area contributed by atoms with E-state index in [1.54, 1.807) is 17.0 Å². The molecule has 0 aliphatic carbocycles. The maximum absolute atomic E-state index is 12.7. The highest BCUT2D eigenvalue weighted by atomic mass is 16.2. The molecule has 0 bridgehead atoms. The zero-order chi connectivity index (χ0) is 20.3. The number of hydrogen-bond donors (Lipinski definition) is 2. The Morgan fingerprint density at radius 3 is 2.61 bits per heavy atom. The summed E-state index contributed by atoms with van der Waals surface area (Å²) in [6.07, 6.45) is 1.10. The Bertz CT molecular complexity index is 923. The van der Waals surface area contributed by atoms with Gasteiger partial charge in [-0.1, -0.05) is 19.1 Å². The number of nitrogens with zero attached hydrogens (tertiary/aromatic N) is 1. The largest absolute Gasteiger partial charge is 0.326 e. The molecule has 3 rings (SSSR count). The Balaban J connectivity index is 1.67. The average molecular weight is 379 g/mol. The van der Waals surface area contributed by atoms with Gasteiger partial charge in [-0.2, -0.15) is 0 Å². The van der Waals surface area contributed by atoms with E-state index in [1.807, 2.05) is 37.3 Å². The lowest BCUT2D eigenvalue weighted by atomic mass is 10.1. The molecule has 1 saturated heterocycles. The Morgan fingerprint density at radius 1 is 1.14 bits per heavy atom. The van der Waals surface area contributed by atoms with E-state index in [-0.39, 0.29) is 24.1 Å². The molecule has 6 heteroatoms. The number of hydrogen-bond acceptors (Lipinski definition) is 3. The van der Waals surface area contributed by atoms with Crippen LogP contribution >= 0.6 is 0 Å². The van der Waals surface area contributed by atoms with E-state index < -0.39 is 5.92 Å². The molecule has 1 fully saturated rings. The average Bonchev–Trinajstić information content (AvgIpc) is 3.05. The van der Waals surface area contributed by atoms with Crippen LogP contribution in [0.5, 0.6) is 0 Å². The third-order valence-corrected chi connectivity index (χ3v) is 4.93. The first-order valence-electron chi connectivity index (χ1n) is 9.45. The van der Waals surface area contributed by atoms with E-state index in [2.05, 4.69) is 17.6 Å².